The molecule has 0 amide bonds. The maximum absolute atomic E-state index is 12.0. The Morgan fingerprint density at radius 2 is 1.88 bits per heavy atom. The topological polar surface area (TPSA) is 63.6 Å². The highest BCUT2D eigenvalue weighted by atomic mass is 16.5. The van der Waals surface area contributed by atoms with Gasteiger partial charge in [-0.1, -0.05) is 24.3 Å². The summed E-state index contributed by atoms with van der Waals surface area (Å²) in [5, 5.41) is 9.48. The van der Waals surface area contributed by atoms with E-state index in [0.29, 0.717) is 24.2 Å². The summed E-state index contributed by atoms with van der Waals surface area (Å²) in [5.41, 5.74) is 3.25. The first-order chi connectivity index (χ1) is 11.4. The van der Waals surface area contributed by atoms with Crippen molar-refractivity contribution >= 4 is 11.6 Å². The van der Waals surface area contributed by atoms with Crippen LogP contribution in [0.1, 0.15) is 36.2 Å². The molecule has 1 atom stereocenters. The molecule has 0 heterocycles. The van der Waals surface area contributed by atoms with Gasteiger partial charge < -0.3 is 14.6 Å². The number of carbonyl (C=O) groups is 2. The predicted molar refractivity (Wildman–Crippen MR) is 93.4 cm³/mol. The number of methoxy groups -OCH3 is 1. The highest BCUT2D eigenvalue weighted by Gasteiger charge is 2.13. The third-order valence-corrected chi connectivity index (χ3v) is 3.83. The average Bonchev–Trinajstić information content (AvgIpc) is 2.59. The van der Waals surface area contributed by atoms with E-state index in [4.69, 9.17) is 4.74 Å². The largest absolute Gasteiger partial charge is 0.497 e. The number of hydrogen-bond donors (Lipinski definition) is 1. The molecule has 0 saturated carbocycles. The quantitative estimate of drug-likeness (QED) is 0.792. The molecule has 126 valence electrons. The van der Waals surface area contributed by atoms with E-state index < -0.39 is 6.10 Å². The Labute approximate surface area is 142 Å². The number of Topliss-reactive ketones (excluding diaryl/α,β-unsaturated/α-hetero) is 2. The molecule has 0 spiro atoms. The monoisotopic (exact) mass is 326 g/mol. The lowest BCUT2D eigenvalue weighted by molar-refractivity contribution is -0.116. The Balaban J connectivity index is 2.40. The summed E-state index contributed by atoms with van der Waals surface area (Å²) < 4.78 is 5.35. The summed E-state index contributed by atoms with van der Waals surface area (Å²) in [6.07, 6.45) is 0.0932. The zero-order valence-electron chi connectivity index (χ0n) is 14.2. The standard InChI is InChI=1S/C20H22O4/c1-13(21)7-8-15-9-18(12-19(10-15)24-3)16-5-4-6-17(11-16)20(23)14(2)22/h4-6,9-12,14,22H,7-8H2,1-3H3. The number of carbonyl (C=O) groups excluding carboxylic acids is 2. The van der Waals surface area contributed by atoms with Crippen LogP contribution in [-0.4, -0.2) is 29.9 Å². The van der Waals surface area contributed by atoms with Gasteiger partial charge in [-0.2, -0.15) is 0 Å². The van der Waals surface area contributed by atoms with Gasteiger partial charge in [0.2, 0.25) is 0 Å². The van der Waals surface area contributed by atoms with E-state index in [1.54, 1.807) is 32.2 Å². The van der Waals surface area contributed by atoms with Gasteiger partial charge in [0.25, 0.3) is 0 Å². The van der Waals surface area contributed by atoms with E-state index in [9.17, 15) is 14.7 Å². The predicted octanol–water partition coefficient (Wildman–Crippen LogP) is 3.45. The van der Waals surface area contributed by atoms with Crippen LogP contribution in [0.4, 0.5) is 0 Å². The summed E-state index contributed by atoms with van der Waals surface area (Å²) >= 11 is 0. The Morgan fingerprint density at radius 1 is 1.12 bits per heavy atom. The molecule has 0 aliphatic heterocycles. The average molecular weight is 326 g/mol. The third kappa shape index (κ3) is 4.52. The number of hydrogen-bond acceptors (Lipinski definition) is 4. The molecule has 0 saturated heterocycles. The van der Waals surface area contributed by atoms with Crippen molar-refractivity contribution in [2.45, 2.75) is 32.8 Å². The molecule has 0 bridgehead atoms. The highest BCUT2D eigenvalue weighted by Crippen LogP contribution is 2.27. The zero-order valence-corrected chi connectivity index (χ0v) is 14.2. The fourth-order valence-electron chi connectivity index (χ4n) is 2.50. The molecule has 0 radical (unpaired) electrons. The van der Waals surface area contributed by atoms with E-state index >= 15 is 0 Å². The van der Waals surface area contributed by atoms with E-state index in [2.05, 4.69) is 0 Å². The van der Waals surface area contributed by atoms with Crippen LogP contribution >= 0.6 is 0 Å². The van der Waals surface area contributed by atoms with Crippen molar-refractivity contribution in [1.29, 1.82) is 0 Å². The lowest BCUT2D eigenvalue weighted by Crippen LogP contribution is -2.15. The first-order valence-electron chi connectivity index (χ1n) is 7.91. The Bertz CT molecular complexity index is 747. The second-order valence-electron chi connectivity index (χ2n) is 5.89. The second-order valence-corrected chi connectivity index (χ2v) is 5.89. The van der Waals surface area contributed by atoms with Crippen molar-refractivity contribution in [2.75, 3.05) is 7.11 Å². The Morgan fingerprint density at radius 3 is 2.50 bits per heavy atom. The molecule has 1 unspecified atom stereocenters. The minimum Gasteiger partial charge on any atom is -0.497 e. The van der Waals surface area contributed by atoms with E-state index in [-0.39, 0.29) is 11.6 Å². The lowest BCUT2D eigenvalue weighted by Gasteiger charge is -2.11. The second kappa shape index (κ2) is 7.88. The third-order valence-electron chi connectivity index (χ3n) is 3.83. The van der Waals surface area contributed by atoms with Crippen LogP contribution in [0.25, 0.3) is 11.1 Å². The van der Waals surface area contributed by atoms with Gasteiger partial charge in [0.15, 0.2) is 5.78 Å². The van der Waals surface area contributed by atoms with Crippen LogP contribution in [0.5, 0.6) is 5.75 Å². The molecule has 2 aromatic carbocycles. The van der Waals surface area contributed by atoms with Gasteiger partial charge >= 0.3 is 0 Å². The van der Waals surface area contributed by atoms with Crippen LogP contribution in [0, 0.1) is 0 Å². The highest BCUT2D eigenvalue weighted by molar-refractivity contribution is 6.00. The van der Waals surface area contributed by atoms with Crippen LogP contribution in [-0.2, 0) is 11.2 Å². The van der Waals surface area contributed by atoms with Gasteiger partial charge in [0, 0.05) is 12.0 Å². The van der Waals surface area contributed by atoms with E-state index in [1.165, 1.54) is 6.92 Å². The first kappa shape index (κ1) is 17.9. The molecular weight excluding hydrogens is 304 g/mol. The lowest BCUT2D eigenvalue weighted by atomic mass is 9.97. The summed E-state index contributed by atoms with van der Waals surface area (Å²) in [6.45, 7) is 3.03. The Kier molecular flexibility index (Phi) is 5.88. The fraction of sp³-hybridized carbons (Fsp3) is 0.300. The molecule has 1 N–H and O–H groups in total. The minimum absolute atomic E-state index is 0.142. The number of aliphatic hydroxyl groups excluding tert-OH is 1. The molecule has 2 rings (SSSR count). The van der Waals surface area contributed by atoms with Crippen molar-refractivity contribution in [2.24, 2.45) is 0 Å². The number of rotatable bonds is 7. The number of ether oxygens (including phenoxy) is 1. The van der Waals surface area contributed by atoms with Gasteiger partial charge in [-0.15, -0.1) is 0 Å². The summed E-state index contributed by atoms with van der Waals surface area (Å²) in [5.74, 6) is 0.541. The van der Waals surface area contributed by atoms with Gasteiger partial charge in [-0.25, -0.2) is 0 Å². The smallest absolute Gasteiger partial charge is 0.190 e. The van der Waals surface area contributed by atoms with Crippen molar-refractivity contribution in [3.63, 3.8) is 0 Å². The van der Waals surface area contributed by atoms with Crippen molar-refractivity contribution in [1.82, 2.24) is 0 Å². The van der Waals surface area contributed by atoms with E-state index in [0.717, 1.165) is 16.7 Å². The molecule has 24 heavy (non-hydrogen) atoms. The van der Waals surface area contributed by atoms with Crippen molar-refractivity contribution in [3.8, 4) is 16.9 Å². The molecule has 4 heteroatoms. The van der Waals surface area contributed by atoms with Gasteiger partial charge in [0.1, 0.15) is 17.6 Å². The van der Waals surface area contributed by atoms with Gasteiger partial charge in [0.05, 0.1) is 7.11 Å². The van der Waals surface area contributed by atoms with Crippen LogP contribution in [0.15, 0.2) is 42.5 Å². The number of benzene rings is 2. The summed E-state index contributed by atoms with van der Waals surface area (Å²) in [6, 6.07) is 13.0. The molecule has 0 aromatic heterocycles. The SMILES string of the molecule is COc1cc(CCC(C)=O)cc(-c2cccc(C(=O)C(C)O)c2)c1. The van der Waals surface area contributed by atoms with Gasteiger partial charge in [-0.05, 0) is 55.2 Å². The minimum atomic E-state index is -1.03. The Hall–Kier alpha value is -2.46. The van der Waals surface area contributed by atoms with E-state index in [1.807, 2.05) is 24.3 Å². The molecule has 0 aliphatic carbocycles. The normalized spacial score (nSPS) is 11.8. The summed E-state index contributed by atoms with van der Waals surface area (Å²) in [4.78, 5) is 23.2. The fourth-order valence-corrected chi connectivity index (χ4v) is 2.50. The number of aryl methyl sites for hydroxylation is 1. The van der Waals surface area contributed by atoms with Crippen molar-refractivity contribution in [3.05, 3.63) is 53.6 Å². The molecular formula is C20H22O4. The molecule has 4 nitrogen and oxygen atoms in total. The van der Waals surface area contributed by atoms with Crippen molar-refractivity contribution < 1.29 is 19.4 Å². The summed E-state index contributed by atoms with van der Waals surface area (Å²) in [7, 11) is 1.60. The maximum Gasteiger partial charge on any atom is 0.190 e. The van der Waals surface area contributed by atoms with Gasteiger partial charge in [-0.3, -0.25) is 4.79 Å². The van der Waals surface area contributed by atoms with Crippen LogP contribution in [0.2, 0.25) is 0 Å². The molecule has 2 aromatic rings. The zero-order chi connectivity index (χ0) is 17.7. The first-order valence-corrected chi connectivity index (χ1v) is 7.91. The van der Waals surface area contributed by atoms with Crippen LogP contribution < -0.4 is 4.74 Å². The molecule has 0 fully saturated rings. The maximum atomic E-state index is 12.0. The van der Waals surface area contributed by atoms with Crippen LogP contribution in [0.3, 0.4) is 0 Å². The number of ketones is 2. The number of aliphatic hydroxyl groups is 1. The molecule has 0 aliphatic rings.